The number of hydrogen-bond donors (Lipinski definition) is 1. The number of amides is 2. The van der Waals surface area contributed by atoms with Crippen molar-refractivity contribution in [3.63, 3.8) is 0 Å². The fourth-order valence-corrected chi connectivity index (χ4v) is 6.18. The van der Waals surface area contributed by atoms with Gasteiger partial charge in [-0.15, -0.1) is 0 Å². The van der Waals surface area contributed by atoms with E-state index in [4.69, 9.17) is 34.8 Å². The Morgan fingerprint density at radius 3 is 2.20 bits per heavy atom. The topological polar surface area (TPSA) is 86.8 Å². The van der Waals surface area contributed by atoms with Crippen LogP contribution in [0.2, 0.25) is 15.1 Å². The van der Waals surface area contributed by atoms with Crippen LogP contribution in [-0.2, 0) is 26.2 Å². The number of carbonyl (C=O) groups is 2. The lowest BCUT2D eigenvalue weighted by atomic mass is 10.1. The zero-order valence-corrected chi connectivity index (χ0v) is 25.6. The highest BCUT2D eigenvalue weighted by Gasteiger charge is 2.34. The molecule has 1 atom stereocenters. The van der Waals surface area contributed by atoms with Crippen molar-refractivity contribution in [2.45, 2.75) is 51.1 Å². The lowest BCUT2D eigenvalue weighted by molar-refractivity contribution is -0.140. The highest BCUT2D eigenvalue weighted by atomic mass is 35.5. The number of sulfonamides is 1. The van der Waals surface area contributed by atoms with Gasteiger partial charge in [0.25, 0.3) is 10.0 Å². The molecule has 0 heterocycles. The average Bonchev–Trinajstić information content (AvgIpc) is 2.91. The summed E-state index contributed by atoms with van der Waals surface area (Å²) in [5.74, 6) is -0.918. The Hall–Kier alpha value is -2.78. The molecule has 0 saturated heterocycles. The third-order valence-electron chi connectivity index (χ3n) is 6.27. The lowest BCUT2D eigenvalue weighted by Gasteiger charge is -2.33. The SMILES string of the molecule is CCCNC(=O)[C@@H](CC)N(Cc1ccc(Cl)cc1Cl)C(=O)CN(c1cccc(Cl)c1)S(=O)(=O)c1ccc(C)cc1. The third-order valence-corrected chi connectivity index (χ3v) is 8.89. The van der Waals surface area contributed by atoms with Crippen LogP contribution in [0.25, 0.3) is 0 Å². The maximum Gasteiger partial charge on any atom is 0.264 e. The molecule has 7 nitrogen and oxygen atoms in total. The molecule has 0 saturated carbocycles. The molecule has 3 aromatic rings. The van der Waals surface area contributed by atoms with E-state index < -0.39 is 28.5 Å². The van der Waals surface area contributed by atoms with Crippen LogP contribution in [-0.4, -0.2) is 44.3 Å². The van der Waals surface area contributed by atoms with E-state index in [1.54, 1.807) is 55.5 Å². The first-order valence-electron chi connectivity index (χ1n) is 12.8. The van der Waals surface area contributed by atoms with Gasteiger partial charge in [-0.05, 0) is 67.8 Å². The van der Waals surface area contributed by atoms with Crippen LogP contribution < -0.4 is 9.62 Å². The van der Waals surface area contributed by atoms with Gasteiger partial charge in [0.1, 0.15) is 12.6 Å². The van der Waals surface area contributed by atoms with Gasteiger partial charge in [0.15, 0.2) is 0 Å². The Bertz CT molecular complexity index is 1450. The van der Waals surface area contributed by atoms with E-state index in [0.717, 1.165) is 16.3 Å². The van der Waals surface area contributed by atoms with Gasteiger partial charge in [0.05, 0.1) is 10.6 Å². The minimum Gasteiger partial charge on any atom is -0.354 e. The average molecular weight is 625 g/mol. The summed E-state index contributed by atoms with van der Waals surface area (Å²) in [7, 11) is -4.19. The van der Waals surface area contributed by atoms with Crippen molar-refractivity contribution in [3.8, 4) is 0 Å². The molecule has 0 unspecified atom stereocenters. The molecule has 3 rings (SSSR count). The molecule has 0 spiro atoms. The van der Waals surface area contributed by atoms with Gasteiger partial charge in [-0.3, -0.25) is 13.9 Å². The molecule has 40 heavy (non-hydrogen) atoms. The van der Waals surface area contributed by atoms with Crippen molar-refractivity contribution in [3.05, 3.63) is 92.9 Å². The number of nitrogens with one attached hydrogen (secondary N) is 1. The second kappa shape index (κ2) is 14.2. The summed E-state index contributed by atoms with van der Waals surface area (Å²) in [6.07, 6.45) is 1.02. The number of rotatable bonds is 12. The first-order chi connectivity index (χ1) is 19.0. The monoisotopic (exact) mass is 623 g/mol. The first kappa shape index (κ1) is 31.7. The van der Waals surface area contributed by atoms with Crippen LogP contribution >= 0.6 is 34.8 Å². The maximum atomic E-state index is 14.0. The minimum atomic E-state index is -4.19. The molecular weight excluding hydrogens is 593 g/mol. The van der Waals surface area contributed by atoms with Gasteiger partial charge >= 0.3 is 0 Å². The van der Waals surface area contributed by atoms with Gasteiger partial charge < -0.3 is 10.2 Å². The number of benzene rings is 3. The molecule has 3 aromatic carbocycles. The van der Waals surface area contributed by atoms with E-state index in [2.05, 4.69) is 5.32 Å². The predicted octanol–water partition coefficient (Wildman–Crippen LogP) is 6.48. The predicted molar refractivity (Wildman–Crippen MR) is 162 cm³/mol. The zero-order valence-electron chi connectivity index (χ0n) is 22.5. The molecule has 0 aliphatic carbocycles. The molecule has 11 heteroatoms. The van der Waals surface area contributed by atoms with Crippen LogP contribution in [0.3, 0.4) is 0 Å². The Morgan fingerprint density at radius 1 is 0.925 bits per heavy atom. The molecule has 0 fully saturated rings. The number of aryl methyl sites for hydroxylation is 1. The van der Waals surface area contributed by atoms with Crippen LogP contribution in [0, 0.1) is 6.92 Å². The second-order valence-electron chi connectivity index (χ2n) is 9.28. The fraction of sp³-hybridized carbons (Fsp3) is 0.310. The van der Waals surface area contributed by atoms with Gasteiger partial charge in [-0.25, -0.2) is 8.42 Å². The van der Waals surface area contributed by atoms with E-state index in [0.29, 0.717) is 33.6 Å². The van der Waals surface area contributed by atoms with Crippen LogP contribution in [0.5, 0.6) is 0 Å². The lowest BCUT2D eigenvalue weighted by Crippen LogP contribution is -2.52. The summed E-state index contributed by atoms with van der Waals surface area (Å²) < 4.78 is 28.8. The van der Waals surface area contributed by atoms with Crippen molar-refractivity contribution in [1.82, 2.24) is 10.2 Å². The van der Waals surface area contributed by atoms with E-state index in [1.165, 1.54) is 23.1 Å². The van der Waals surface area contributed by atoms with Crippen molar-refractivity contribution in [2.24, 2.45) is 0 Å². The molecule has 0 aliphatic heterocycles. The van der Waals surface area contributed by atoms with Gasteiger partial charge in [0, 0.05) is 28.2 Å². The Labute approximate surface area is 251 Å². The summed E-state index contributed by atoms with van der Waals surface area (Å²) in [5.41, 5.74) is 1.67. The number of carbonyl (C=O) groups excluding carboxylic acids is 2. The molecule has 0 bridgehead atoms. The number of anilines is 1. The quantitative estimate of drug-likeness (QED) is 0.250. The normalized spacial score (nSPS) is 12.1. The highest BCUT2D eigenvalue weighted by molar-refractivity contribution is 7.92. The Morgan fingerprint density at radius 2 is 1.60 bits per heavy atom. The molecule has 0 aliphatic rings. The van der Waals surface area contributed by atoms with E-state index in [-0.39, 0.29) is 23.0 Å². The number of hydrogen-bond acceptors (Lipinski definition) is 4. The molecular formula is C29H32Cl3N3O4S. The number of nitrogens with zero attached hydrogens (tertiary/aromatic N) is 2. The summed E-state index contributed by atoms with van der Waals surface area (Å²) in [4.78, 5) is 28.6. The van der Waals surface area contributed by atoms with Gasteiger partial charge in [-0.2, -0.15) is 0 Å². The smallest absolute Gasteiger partial charge is 0.264 e. The van der Waals surface area contributed by atoms with Crippen LogP contribution in [0.1, 0.15) is 37.8 Å². The largest absolute Gasteiger partial charge is 0.354 e. The van der Waals surface area contributed by atoms with Crippen molar-refractivity contribution < 1.29 is 18.0 Å². The highest BCUT2D eigenvalue weighted by Crippen LogP contribution is 2.28. The van der Waals surface area contributed by atoms with Crippen molar-refractivity contribution in [1.29, 1.82) is 0 Å². The Kier molecular flexibility index (Phi) is 11.3. The third kappa shape index (κ3) is 7.91. The van der Waals surface area contributed by atoms with E-state index in [9.17, 15) is 18.0 Å². The molecule has 0 radical (unpaired) electrons. The Balaban J connectivity index is 2.07. The summed E-state index contributed by atoms with van der Waals surface area (Å²) in [5, 5.41) is 3.91. The summed E-state index contributed by atoms with van der Waals surface area (Å²) in [6, 6.07) is 16.6. The number of halogens is 3. The van der Waals surface area contributed by atoms with Crippen LogP contribution in [0.4, 0.5) is 5.69 Å². The standard InChI is InChI=1S/C29H32Cl3N3O4S/c1-4-15-33-29(37)27(5-2)34(18-21-11-12-23(31)17-26(21)32)28(36)19-35(24-8-6-7-22(30)16-24)40(38,39)25-13-9-20(3)10-14-25/h6-14,16-17,27H,4-5,15,18-19H2,1-3H3,(H,33,37)/t27-/m1/s1. The van der Waals surface area contributed by atoms with Gasteiger partial charge in [0.2, 0.25) is 11.8 Å². The van der Waals surface area contributed by atoms with E-state index >= 15 is 0 Å². The molecule has 2 amide bonds. The second-order valence-corrected chi connectivity index (χ2v) is 12.4. The van der Waals surface area contributed by atoms with Crippen molar-refractivity contribution in [2.75, 3.05) is 17.4 Å². The fourth-order valence-electron chi connectivity index (χ4n) is 4.12. The van der Waals surface area contributed by atoms with E-state index in [1.807, 2.05) is 13.8 Å². The summed E-state index contributed by atoms with van der Waals surface area (Å²) >= 11 is 18.7. The van der Waals surface area contributed by atoms with Gasteiger partial charge in [-0.1, -0.05) is 78.5 Å². The molecule has 0 aromatic heterocycles. The molecule has 1 N–H and O–H groups in total. The van der Waals surface area contributed by atoms with Crippen molar-refractivity contribution >= 4 is 62.3 Å². The maximum absolute atomic E-state index is 14.0. The van der Waals surface area contributed by atoms with Crippen LogP contribution in [0.15, 0.2) is 71.6 Å². The summed E-state index contributed by atoms with van der Waals surface area (Å²) in [6.45, 7) is 5.41. The molecule has 214 valence electrons. The zero-order chi connectivity index (χ0) is 29.4. The first-order valence-corrected chi connectivity index (χ1v) is 15.4. The minimum absolute atomic E-state index is 0.0194.